The first-order valence-corrected chi connectivity index (χ1v) is 6.51. The molecule has 108 valence electrons. The van der Waals surface area contributed by atoms with Gasteiger partial charge >= 0.3 is 5.97 Å². The van der Waals surface area contributed by atoms with Crippen LogP contribution in [0.15, 0.2) is 21.0 Å². The van der Waals surface area contributed by atoms with Crippen molar-refractivity contribution in [1.82, 2.24) is 5.32 Å². The third-order valence-corrected chi connectivity index (χ3v) is 3.38. The number of aryl methyl sites for hydroxylation is 3. The normalized spacial score (nSPS) is 12.6. The quantitative estimate of drug-likeness (QED) is 0.876. The summed E-state index contributed by atoms with van der Waals surface area (Å²) in [5.74, 6) is 1.34. The molecule has 20 heavy (non-hydrogen) atoms. The minimum Gasteiger partial charge on any atom is -0.475 e. The smallest absolute Gasteiger partial charge is 0.371 e. The maximum atomic E-state index is 10.8. The van der Waals surface area contributed by atoms with Crippen molar-refractivity contribution in [3.05, 3.63) is 46.3 Å². The van der Waals surface area contributed by atoms with E-state index in [1.165, 1.54) is 0 Å². The maximum Gasteiger partial charge on any atom is 0.371 e. The Labute approximate surface area is 117 Å². The van der Waals surface area contributed by atoms with Crippen LogP contribution in [0, 0.1) is 20.8 Å². The average Bonchev–Trinajstić information content (AvgIpc) is 2.89. The number of carboxylic acids is 1. The number of nitrogens with one attached hydrogen (secondary N) is 1. The van der Waals surface area contributed by atoms with E-state index in [2.05, 4.69) is 5.32 Å². The van der Waals surface area contributed by atoms with E-state index >= 15 is 0 Å². The summed E-state index contributed by atoms with van der Waals surface area (Å²) in [6.45, 7) is 8.22. The zero-order valence-corrected chi connectivity index (χ0v) is 12.1. The highest BCUT2D eigenvalue weighted by atomic mass is 16.4. The summed E-state index contributed by atoms with van der Waals surface area (Å²) in [5, 5.41) is 12.2. The fraction of sp³-hybridized carbons (Fsp3) is 0.400. The van der Waals surface area contributed by atoms with Gasteiger partial charge < -0.3 is 19.3 Å². The maximum absolute atomic E-state index is 10.8. The summed E-state index contributed by atoms with van der Waals surface area (Å²) in [6, 6.07) is 3.69. The first-order chi connectivity index (χ1) is 9.38. The van der Waals surface area contributed by atoms with Gasteiger partial charge in [-0.3, -0.25) is 0 Å². The molecule has 2 aromatic heterocycles. The highest BCUT2D eigenvalue weighted by Crippen LogP contribution is 2.22. The predicted molar refractivity (Wildman–Crippen MR) is 73.8 cm³/mol. The van der Waals surface area contributed by atoms with Gasteiger partial charge in [0.25, 0.3) is 0 Å². The van der Waals surface area contributed by atoms with Gasteiger partial charge in [0.15, 0.2) is 0 Å². The van der Waals surface area contributed by atoms with Crippen LogP contribution < -0.4 is 5.32 Å². The molecule has 0 radical (unpaired) electrons. The largest absolute Gasteiger partial charge is 0.475 e. The van der Waals surface area contributed by atoms with Crippen LogP contribution in [0.5, 0.6) is 0 Å². The Hall–Kier alpha value is -2.01. The van der Waals surface area contributed by atoms with Crippen molar-refractivity contribution >= 4 is 5.97 Å². The molecule has 2 heterocycles. The Morgan fingerprint density at radius 1 is 1.25 bits per heavy atom. The predicted octanol–water partition coefficient (Wildman–Crippen LogP) is 3.35. The van der Waals surface area contributed by atoms with Crippen LogP contribution in [0.25, 0.3) is 0 Å². The Balaban J connectivity index is 2.05. The molecule has 1 unspecified atom stereocenters. The standard InChI is InChI=1S/C15H19NO4/c1-8-5-13(11(4)19-8)9(2)16-7-12-6-14(15(17)18)20-10(12)3/h5-6,9,16H,7H2,1-4H3,(H,17,18). The molecule has 2 aromatic rings. The van der Waals surface area contributed by atoms with Gasteiger partial charge in [-0.05, 0) is 39.8 Å². The molecule has 0 fully saturated rings. The van der Waals surface area contributed by atoms with Crippen LogP contribution >= 0.6 is 0 Å². The number of hydrogen-bond acceptors (Lipinski definition) is 4. The molecule has 2 rings (SSSR count). The summed E-state index contributed by atoms with van der Waals surface area (Å²) in [5.41, 5.74) is 1.97. The van der Waals surface area contributed by atoms with Gasteiger partial charge in [0, 0.05) is 23.7 Å². The summed E-state index contributed by atoms with van der Waals surface area (Å²) in [7, 11) is 0. The molecule has 0 aliphatic heterocycles. The van der Waals surface area contributed by atoms with Crippen molar-refractivity contribution in [3.8, 4) is 0 Å². The molecule has 0 spiro atoms. The summed E-state index contributed by atoms with van der Waals surface area (Å²) < 4.78 is 10.7. The Kier molecular flexibility index (Phi) is 3.99. The SMILES string of the molecule is Cc1cc(C(C)NCc2cc(C(=O)O)oc2C)c(C)o1. The van der Waals surface area contributed by atoms with Crippen LogP contribution in [0.4, 0.5) is 0 Å². The second kappa shape index (κ2) is 5.54. The third-order valence-electron chi connectivity index (χ3n) is 3.38. The fourth-order valence-electron chi connectivity index (χ4n) is 2.25. The van der Waals surface area contributed by atoms with Crippen LogP contribution in [0.2, 0.25) is 0 Å². The Morgan fingerprint density at radius 2 is 1.95 bits per heavy atom. The van der Waals surface area contributed by atoms with Crippen molar-refractivity contribution in [1.29, 1.82) is 0 Å². The van der Waals surface area contributed by atoms with Gasteiger partial charge in [0.05, 0.1) is 0 Å². The lowest BCUT2D eigenvalue weighted by atomic mass is 10.1. The minimum atomic E-state index is -1.05. The van der Waals surface area contributed by atoms with Crippen LogP contribution in [0.3, 0.4) is 0 Å². The first kappa shape index (κ1) is 14.4. The van der Waals surface area contributed by atoms with Crippen molar-refractivity contribution in [2.75, 3.05) is 0 Å². The molecule has 0 saturated carbocycles. The molecular formula is C15H19NO4. The lowest BCUT2D eigenvalue weighted by Gasteiger charge is -2.12. The van der Waals surface area contributed by atoms with E-state index in [1.54, 1.807) is 13.0 Å². The van der Waals surface area contributed by atoms with Crippen LogP contribution in [0.1, 0.15) is 51.9 Å². The van der Waals surface area contributed by atoms with Gasteiger partial charge in [-0.2, -0.15) is 0 Å². The van der Waals surface area contributed by atoms with E-state index in [0.717, 1.165) is 22.6 Å². The molecule has 5 nitrogen and oxygen atoms in total. The summed E-state index contributed by atoms with van der Waals surface area (Å²) in [6.07, 6.45) is 0. The number of carboxylic acid groups (broad SMARTS) is 1. The molecule has 0 aromatic carbocycles. The van der Waals surface area contributed by atoms with E-state index in [9.17, 15) is 4.79 Å². The van der Waals surface area contributed by atoms with E-state index in [4.69, 9.17) is 13.9 Å². The molecule has 0 aliphatic carbocycles. The van der Waals surface area contributed by atoms with Gasteiger partial charge in [-0.25, -0.2) is 4.79 Å². The second-order valence-electron chi connectivity index (χ2n) is 4.97. The number of furan rings is 2. The topological polar surface area (TPSA) is 75.6 Å². The van der Waals surface area contributed by atoms with Gasteiger partial charge in [-0.1, -0.05) is 0 Å². The summed E-state index contributed by atoms with van der Waals surface area (Å²) in [4.78, 5) is 10.8. The Morgan fingerprint density at radius 3 is 2.45 bits per heavy atom. The second-order valence-corrected chi connectivity index (χ2v) is 4.97. The third kappa shape index (κ3) is 2.93. The number of carbonyl (C=O) groups is 1. The zero-order valence-electron chi connectivity index (χ0n) is 12.1. The van der Waals surface area contributed by atoms with Gasteiger partial charge in [0.2, 0.25) is 5.76 Å². The molecular weight excluding hydrogens is 258 g/mol. The van der Waals surface area contributed by atoms with E-state index in [0.29, 0.717) is 12.3 Å². The molecule has 5 heteroatoms. The number of rotatable bonds is 5. The molecule has 1 atom stereocenters. The molecule has 0 bridgehead atoms. The first-order valence-electron chi connectivity index (χ1n) is 6.51. The highest BCUT2D eigenvalue weighted by molar-refractivity contribution is 5.84. The van der Waals surface area contributed by atoms with Crippen LogP contribution in [-0.4, -0.2) is 11.1 Å². The van der Waals surface area contributed by atoms with Crippen LogP contribution in [-0.2, 0) is 6.54 Å². The fourth-order valence-corrected chi connectivity index (χ4v) is 2.25. The van der Waals surface area contributed by atoms with Gasteiger partial charge in [-0.15, -0.1) is 0 Å². The zero-order chi connectivity index (χ0) is 14.9. The minimum absolute atomic E-state index is 0.0257. The molecule has 0 aliphatic rings. The Bertz CT molecular complexity index is 624. The van der Waals surface area contributed by atoms with Crippen molar-refractivity contribution in [3.63, 3.8) is 0 Å². The molecule has 2 N–H and O–H groups in total. The molecule has 0 saturated heterocycles. The average molecular weight is 277 g/mol. The van der Waals surface area contributed by atoms with E-state index in [-0.39, 0.29) is 11.8 Å². The lowest BCUT2D eigenvalue weighted by Crippen LogP contribution is -2.18. The number of hydrogen-bond donors (Lipinski definition) is 2. The monoisotopic (exact) mass is 277 g/mol. The number of aromatic carboxylic acids is 1. The van der Waals surface area contributed by atoms with Crippen molar-refractivity contribution in [2.45, 2.75) is 40.3 Å². The van der Waals surface area contributed by atoms with E-state index < -0.39 is 5.97 Å². The van der Waals surface area contributed by atoms with E-state index in [1.807, 2.05) is 26.8 Å². The lowest BCUT2D eigenvalue weighted by molar-refractivity contribution is 0.0661. The van der Waals surface area contributed by atoms with Gasteiger partial charge in [0.1, 0.15) is 17.3 Å². The van der Waals surface area contributed by atoms with Crippen molar-refractivity contribution in [2.24, 2.45) is 0 Å². The highest BCUT2D eigenvalue weighted by Gasteiger charge is 2.16. The molecule has 0 amide bonds. The summed E-state index contributed by atoms with van der Waals surface area (Å²) >= 11 is 0. The van der Waals surface area contributed by atoms with Crippen molar-refractivity contribution < 1.29 is 18.7 Å².